The van der Waals surface area contributed by atoms with E-state index < -0.39 is 12.0 Å². The molecule has 16 heavy (non-hydrogen) atoms. The van der Waals surface area contributed by atoms with Crippen molar-refractivity contribution in [3.05, 3.63) is 11.6 Å². The molecule has 1 unspecified atom stereocenters. The predicted octanol–water partition coefficient (Wildman–Crippen LogP) is 0.227. The van der Waals surface area contributed by atoms with Gasteiger partial charge in [0, 0.05) is 17.3 Å². The van der Waals surface area contributed by atoms with E-state index >= 15 is 0 Å². The molecule has 0 fully saturated rings. The third-order valence-electron chi connectivity index (χ3n) is 1.53. The number of carbonyl (C=O) groups excluding carboxylic acids is 1. The van der Waals surface area contributed by atoms with Crippen LogP contribution >= 0.6 is 23.1 Å². The predicted molar refractivity (Wildman–Crippen MR) is 63.7 cm³/mol. The Morgan fingerprint density at radius 2 is 2.44 bits per heavy atom. The van der Waals surface area contributed by atoms with Crippen LogP contribution in [0.3, 0.4) is 0 Å². The van der Waals surface area contributed by atoms with Gasteiger partial charge in [-0.2, -0.15) is 0 Å². The molecule has 0 aromatic carbocycles. The Hall–Kier alpha value is -1.12. The van der Waals surface area contributed by atoms with Gasteiger partial charge in [0.05, 0.1) is 5.75 Å². The highest BCUT2D eigenvalue weighted by Gasteiger charge is 2.12. The Morgan fingerprint density at radius 1 is 1.69 bits per heavy atom. The van der Waals surface area contributed by atoms with Crippen LogP contribution in [0.25, 0.3) is 0 Å². The lowest BCUT2D eigenvalue weighted by Gasteiger charge is -2.05. The van der Waals surface area contributed by atoms with E-state index in [4.69, 9.17) is 10.8 Å². The highest BCUT2D eigenvalue weighted by molar-refractivity contribution is 8.00. The SMILES string of the molecule is NC(CSCC(=O)Nc1nccs1)C(=O)O. The number of nitrogens with zero attached hydrogens (tertiary/aromatic N) is 1. The number of aliphatic carboxylic acids is 1. The van der Waals surface area contributed by atoms with Crippen molar-refractivity contribution in [1.29, 1.82) is 0 Å². The number of carboxylic acids is 1. The van der Waals surface area contributed by atoms with E-state index in [2.05, 4.69) is 10.3 Å². The number of hydrogen-bond donors (Lipinski definition) is 3. The second-order valence-electron chi connectivity index (χ2n) is 2.85. The summed E-state index contributed by atoms with van der Waals surface area (Å²) in [6, 6.07) is -0.933. The molecule has 8 heteroatoms. The van der Waals surface area contributed by atoms with Crippen LogP contribution in [0, 0.1) is 0 Å². The summed E-state index contributed by atoms with van der Waals surface area (Å²) < 4.78 is 0. The van der Waals surface area contributed by atoms with Gasteiger partial charge in [-0.1, -0.05) is 0 Å². The summed E-state index contributed by atoms with van der Waals surface area (Å²) in [5, 5.41) is 13.4. The number of amides is 1. The van der Waals surface area contributed by atoms with E-state index in [0.717, 1.165) is 0 Å². The van der Waals surface area contributed by atoms with Gasteiger partial charge >= 0.3 is 5.97 Å². The van der Waals surface area contributed by atoms with E-state index in [1.165, 1.54) is 23.1 Å². The number of thioether (sulfide) groups is 1. The maximum Gasteiger partial charge on any atom is 0.321 e. The van der Waals surface area contributed by atoms with E-state index in [1.807, 2.05) is 0 Å². The Bertz CT molecular complexity index is 355. The molecule has 1 amide bonds. The number of aromatic nitrogens is 1. The van der Waals surface area contributed by atoms with Gasteiger partial charge in [-0.3, -0.25) is 9.59 Å². The van der Waals surface area contributed by atoms with E-state index in [1.54, 1.807) is 11.6 Å². The molecule has 0 spiro atoms. The monoisotopic (exact) mass is 261 g/mol. The molecule has 1 aromatic rings. The molecule has 6 nitrogen and oxygen atoms in total. The van der Waals surface area contributed by atoms with Crippen LogP contribution in [0.5, 0.6) is 0 Å². The van der Waals surface area contributed by atoms with Crippen LogP contribution in [0.2, 0.25) is 0 Å². The van der Waals surface area contributed by atoms with Crippen molar-refractivity contribution < 1.29 is 14.7 Å². The molecule has 1 rings (SSSR count). The first kappa shape index (κ1) is 12.9. The first-order valence-electron chi connectivity index (χ1n) is 4.35. The highest BCUT2D eigenvalue weighted by Crippen LogP contribution is 2.11. The van der Waals surface area contributed by atoms with Gasteiger partial charge in [-0.05, 0) is 0 Å². The fraction of sp³-hybridized carbons (Fsp3) is 0.375. The van der Waals surface area contributed by atoms with Crippen molar-refractivity contribution in [3.8, 4) is 0 Å². The summed E-state index contributed by atoms with van der Waals surface area (Å²) in [6.45, 7) is 0. The third kappa shape index (κ3) is 4.60. The number of nitrogens with two attached hydrogens (primary N) is 1. The Kier molecular flexibility index (Phi) is 5.23. The van der Waals surface area contributed by atoms with Crippen molar-refractivity contribution in [1.82, 2.24) is 4.98 Å². The quantitative estimate of drug-likeness (QED) is 0.677. The molecule has 0 aliphatic heterocycles. The summed E-state index contributed by atoms with van der Waals surface area (Å²) in [6.07, 6.45) is 1.59. The molecule has 0 saturated carbocycles. The molecule has 0 bridgehead atoms. The number of carboxylic acid groups (broad SMARTS) is 1. The summed E-state index contributed by atoms with van der Waals surface area (Å²) in [4.78, 5) is 25.6. The van der Waals surface area contributed by atoms with Crippen molar-refractivity contribution in [2.45, 2.75) is 6.04 Å². The lowest BCUT2D eigenvalue weighted by molar-refractivity contribution is -0.137. The minimum absolute atomic E-state index is 0.167. The molecule has 0 aliphatic rings. The normalized spacial score (nSPS) is 12.1. The molecule has 0 radical (unpaired) electrons. The van der Waals surface area contributed by atoms with Crippen LogP contribution in [-0.2, 0) is 9.59 Å². The van der Waals surface area contributed by atoms with Gasteiger partial charge in [0.15, 0.2) is 5.13 Å². The van der Waals surface area contributed by atoms with Crippen LogP contribution in [0.4, 0.5) is 5.13 Å². The highest BCUT2D eigenvalue weighted by atomic mass is 32.2. The summed E-state index contributed by atoms with van der Waals surface area (Å²) >= 11 is 2.50. The van der Waals surface area contributed by atoms with Crippen LogP contribution in [-0.4, -0.2) is 39.5 Å². The molecule has 1 heterocycles. The van der Waals surface area contributed by atoms with E-state index in [9.17, 15) is 9.59 Å². The zero-order valence-corrected chi connectivity index (χ0v) is 9.88. The number of thiazole rings is 1. The third-order valence-corrected chi connectivity index (χ3v) is 3.28. The average molecular weight is 261 g/mol. The van der Waals surface area contributed by atoms with Crippen molar-refractivity contribution in [2.75, 3.05) is 16.8 Å². The van der Waals surface area contributed by atoms with Gasteiger partial charge in [0.2, 0.25) is 5.91 Å². The fourth-order valence-electron chi connectivity index (χ4n) is 0.790. The molecular formula is C8H11N3O3S2. The number of hydrogen-bond acceptors (Lipinski definition) is 6. The summed E-state index contributed by atoms with van der Waals surface area (Å²) in [5.41, 5.74) is 5.28. The Balaban J connectivity index is 2.18. The second-order valence-corrected chi connectivity index (χ2v) is 4.77. The van der Waals surface area contributed by atoms with Crippen LogP contribution in [0.1, 0.15) is 0 Å². The number of nitrogens with one attached hydrogen (secondary N) is 1. The minimum Gasteiger partial charge on any atom is -0.480 e. The first-order valence-corrected chi connectivity index (χ1v) is 6.38. The molecular weight excluding hydrogens is 250 g/mol. The first-order chi connectivity index (χ1) is 7.59. The average Bonchev–Trinajstić information content (AvgIpc) is 2.70. The summed E-state index contributed by atoms with van der Waals surface area (Å²) in [7, 11) is 0. The maximum absolute atomic E-state index is 11.3. The molecule has 4 N–H and O–H groups in total. The summed E-state index contributed by atoms with van der Waals surface area (Å²) in [5.74, 6) is -0.897. The number of anilines is 1. The fourth-order valence-corrected chi connectivity index (χ4v) is 2.11. The van der Waals surface area contributed by atoms with Crippen molar-refractivity contribution in [2.24, 2.45) is 5.73 Å². The standard InChI is InChI=1S/C8H11N3O3S2/c9-5(7(13)14)3-15-4-6(12)11-8-10-1-2-16-8/h1-2,5H,3-4,9H2,(H,13,14)(H,10,11,12). The minimum atomic E-state index is -1.06. The molecule has 1 aromatic heterocycles. The van der Waals surface area contributed by atoms with Gasteiger partial charge in [0.25, 0.3) is 0 Å². The smallest absolute Gasteiger partial charge is 0.321 e. The van der Waals surface area contributed by atoms with Gasteiger partial charge < -0.3 is 16.2 Å². The second kappa shape index (κ2) is 6.46. The van der Waals surface area contributed by atoms with Crippen LogP contribution in [0.15, 0.2) is 11.6 Å². The van der Waals surface area contributed by atoms with E-state index in [0.29, 0.717) is 5.13 Å². The number of carbonyl (C=O) groups is 2. The molecule has 0 aliphatic carbocycles. The molecule has 1 atom stereocenters. The maximum atomic E-state index is 11.3. The van der Waals surface area contributed by atoms with Gasteiger partial charge in [-0.25, -0.2) is 4.98 Å². The van der Waals surface area contributed by atoms with Crippen LogP contribution < -0.4 is 11.1 Å². The van der Waals surface area contributed by atoms with Crippen molar-refractivity contribution in [3.63, 3.8) is 0 Å². The Labute approximate surface area is 100 Å². The van der Waals surface area contributed by atoms with Crippen molar-refractivity contribution >= 4 is 40.1 Å². The zero-order valence-electron chi connectivity index (χ0n) is 8.25. The lowest BCUT2D eigenvalue weighted by atomic mass is 10.4. The lowest BCUT2D eigenvalue weighted by Crippen LogP contribution is -2.33. The van der Waals surface area contributed by atoms with E-state index in [-0.39, 0.29) is 17.4 Å². The topological polar surface area (TPSA) is 105 Å². The van der Waals surface area contributed by atoms with Gasteiger partial charge in [-0.15, -0.1) is 23.1 Å². The molecule has 88 valence electrons. The number of rotatable bonds is 6. The zero-order chi connectivity index (χ0) is 12.0. The Morgan fingerprint density at radius 3 is 3.00 bits per heavy atom. The largest absolute Gasteiger partial charge is 0.480 e. The van der Waals surface area contributed by atoms with Gasteiger partial charge in [0.1, 0.15) is 6.04 Å². The molecule has 0 saturated heterocycles.